The van der Waals surface area contributed by atoms with Crippen molar-refractivity contribution in [3.63, 3.8) is 0 Å². The van der Waals surface area contributed by atoms with Gasteiger partial charge in [-0.05, 0) is 43.5 Å². The molecule has 0 aliphatic rings. The fourth-order valence-corrected chi connectivity index (χ4v) is 2.39. The van der Waals surface area contributed by atoms with E-state index in [4.69, 9.17) is 0 Å². The summed E-state index contributed by atoms with van der Waals surface area (Å²) >= 11 is 0. The van der Waals surface area contributed by atoms with E-state index in [-0.39, 0.29) is 11.8 Å². The van der Waals surface area contributed by atoms with Crippen LogP contribution in [0.2, 0.25) is 0 Å². The molecule has 0 spiro atoms. The molecular formula is C16H19FN2O2. The third kappa shape index (κ3) is 3.68. The molecule has 0 radical (unpaired) electrons. The predicted molar refractivity (Wildman–Crippen MR) is 77.5 cm³/mol. The molecule has 0 unspecified atom stereocenters. The van der Waals surface area contributed by atoms with E-state index >= 15 is 0 Å². The highest BCUT2D eigenvalue weighted by Gasteiger charge is 2.13. The van der Waals surface area contributed by atoms with Crippen LogP contribution in [0.5, 0.6) is 0 Å². The number of ether oxygens (including phenoxy) is 1. The van der Waals surface area contributed by atoms with Crippen LogP contribution in [0.1, 0.15) is 28.9 Å². The van der Waals surface area contributed by atoms with Crippen molar-refractivity contribution in [2.45, 2.75) is 33.2 Å². The third-order valence-corrected chi connectivity index (χ3v) is 3.56. The number of benzene rings is 1. The zero-order valence-electron chi connectivity index (χ0n) is 12.5. The second kappa shape index (κ2) is 6.52. The highest BCUT2D eigenvalue weighted by atomic mass is 19.1. The standard InChI is InChI=1S/C16H19FN2O2/c1-11-15(7-8-16(20)21-3)12(2)19(18-11)10-13-5-4-6-14(17)9-13/h4-6,9H,7-8,10H2,1-3H3. The maximum Gasteiger partial charge on any atom is 0.305 e. The van der Waals surface area contributed by atoms with Crippen molar-refractivity contribution in [3.8, 4) is 0 Å². The van der Waals surface area contributed by atoms with E-state index in [0.717, 1.165) is 22.5 Å². The van der Waals surface area contributed by atoms with E-state index in [9.17, 15) is 9.18 Å². The minimum absolute atomic E-state index is 0.230. The van der Waals surface area contributed by atoms with Gasteiger partial charge in [0.15, 0.2) is 0 Å². The molecule has 0 bridgehead atoms. The summed E-state index contributed by atoms with van der Waals surface area (Å²) in [4.78, 5) is 11.3. The molecule has 1 aromatic heterocycles. The number of halogens is 1. The van der Waals surface area contributed by atoms with E-state index < -0.39 is 0 Å². The number of nitrogens with zero attached hydrogens (tertiary/aromatic N) is 2. The summed E-state index contributed by atoms with van der Waals surface area (Å²) < 4.78 is 19.7. The highest BCUT2D eigenvalue weighted by molar-refractivity contribution is 5.69. The Morgan fingerprint density at radius 1 is 1.38 bits per heavy atom. The zero-order valence-corrected chi connectivity index (χ0v) is 12.5. The molecule has 0 atom stereocenters. The van der Waals surface area contributed by atoms with E-state index in [1.807, 2.05) is 24.6 Å². The van der Waals surface area contributed by atoms with Gasteiger partial charge < -0.3 is 4.74 Å². The summed E-state index contributed by atoms with van der Waals surface area (Å²) in [6.45, 7) is 4.40. The molecule has 0 aliphatic carbocycles. The highest BCUT2D eigenvalue weighted by Crippen LogP contribution is 2.17. The fraction of sp³-hybridized carbons (Fsp3) is 0.375. The second-order valence-electron chi connectivity index (χ2n) is 5.01. The number of carbonyl (C=O) groups is 1. The van der Waals surface area contributed by atoms with Crippen LogP contribution in [0.25, 0.3) is 0 Å². The quantitative estimate of drug-likeness (QED) is 0.795. The van der Waals surface area contributed by atoms with Crippen molar-refractivity contribution in [3.05, 3.63) is 52.6 Å². The van der Waals surface area contributed by atoms with Crippen LogP contribution >= 0.6 is 0 Å². The molecule has 1 heterocycles. The van der Waals surface area contributed by atoms with Crippen LogP contribution in [-0.4, -0.2) is 22.9 Å². The lowest BCUT2D eigenvalue weighted by molar-refractivity contribution is -0.140. The first-order valence-electron chi connectivity index (χ1n) is 6.85. The Morgan fingerprint density at radius 3 is 2.81 bits per heavy atom. The van der Waals surface area contributed by atoms with Gasteiger partial charge in [-0.1, -0.05) is 12.1 Å². The molecule has 5 heteroatoms. The Morgan fingerprint density at radius 2 is 2.14 bits per heavy atom. The van der Waals surface area contributed by atoms with Gasteiger partial charge in [-0.15, -0.1) is 0 Å². The summed E-state index contributed by atoms with van der Waals surface area (Å²) in [5.41, 5.74) is 3.81. The van der Waals surface area contributed by atoms with Gasteiger partial charge in [0.25, 0.3) is 0 Å². The van der Waals surface area contributed by atoms with Gasteiger partial charge in [0.1, 0.15) is 5.82 Å². The Hall–Kier alpha value is -2.17. The molecule has 0 saturated heterocycles. The van der Waals surface area contributed by atoms with Gasteiger partial charge >= 0.3 is 5.97 Å². The van der Waals surface area contributed by atoms with Crippen LogP contribution < -0.4 is 0 Å². The molecule has 0 saturated carbocycles. The number of esters is 1. The van der Waals surface area contributed by atoms with Crippen molar-refractivity contribution in [2.75, 3.05) is 7.11 Å². The number of methoxy groups -OCH3 is 1. The molecule has 21 heavy (non-hydrogen) atoms. The molecule has 0 amide bonds. The summed E-state index contributed by atoms with van der Waals surface area (Å²) in [6.07, 6.45) is 0.942. The zero-order chi connectivity index (χ0) is 15.4. The topological polar surface area (TPSA) is 44.1 Å². The van der Waals surface area contributed by atoms with Gasteiger partial charge in [0, 0.05) is 12.1 Å². The first-order chi connectivity index (χ1) is 10.0. The minimum atomic E-state index is -0.250. The lowest BCUT2D eigenvalue weighted by Crippen LogP contribution is -2.05. The smallest absolute Gasteiger partial charge is 0.305 e. The van der Waals surface area contributed by atoms with Crippen molar-refractivity contribution < 1.29 is 13.9 Å². The number of aryl methyl sites for hydroxylation is 1. The van der Waals surface area contributed by atoms with E-state index in [0.29, 0.717) is 19.4 Å². The third-order valence-electron chi connectivity index (χ3n) is 3.56. The van der Waals surface area contributed by atoms with Crippen molar-refractivity contribution >= 4 is 5.97 Å². The second-order valence-corrected chi connectivity index (χ2v) is 5.01. The van der Waals surface area contributed by atoms with Crippen LogP contribution in [0.15, 0.2) is 24.3 Å². The Balaban J connectivity index is 2.16. The number of aromatic nitrogens is 2. The predicted octanol–water partition coefficient (Wildman–Crippen LogP) is 2.79. The normalized spacial score (nSPS) is 10.7. The van der Waals surface area contributed by atoms with Gasteiger partial charge in [-0.2, -0.15) is 5.10 Å². The Bertz CT molecular complexity index is 650. The molecule has 2 aromatic rings. The maximum atomic E-state index is 13.2. The summed E-state index contributed by atoms with van der Waals surface area (Å²) in [5, 5.41) is 4.48. The van der Waals surface area contributed by atoms with Crippen molar-refractivity contribution in [1.82, 2.24) is 9.78 Å². The van der Waals surface area contributed by atoms with E-state index in [1.165, 1.54) is 19.2 Å². The largest absolute Gasteiger partial charge is 0.469 e. The fourth-order valence-electron chi connectivity index (χ4n) is 2.39. The average molecular weight is 290 g/mol. The molecule has 0 N–H and O–H groups in total. The lowest BCUT2D eigenvalue weighted by Gasteiger charge is -2.06. The first kappa shape index (κ1) is 15.2. The monoisotopic (exact) mass is 290 g/mol. The van der Waals surface area contributed by atoms with Gasteiger partial charge in [0.05, 0.1) is 19.3 Å². The molecule has 1 aromatic carbocycles. The molecule has 4 nitrogen and oxygen atoms in total. The van der Waals surface area contributed by atoms with Crippen molar-refractivity contribution in [1.29, 1.82) is 0 Å². The van der Waals surface area contributed by atoms with Crippen molar-refractivity contribution in [2.24, 2.45) is 0 Å². The number of hydrogen-bond acceptors (Lipinski definition) is 3. The Kier molecular flexibility index (Phi) is 4.73. The SMILES string of the molecule is COC(=O)CCc1c(C)nn(Cc2cccc(F)c2)c1C. The maximum absolute atomic E-state index is 13.2. The van der Waals surface area contributed by atoms with Gasteiger partial charge in [-0.3, -0.25) is 9.48 Å². The van der Waals surface area contributed by atoms with Crippen LogP contribution in [0.3, 0.4) is 0 Å². The summed E-state index contributed by atoms with van der Waals surface area (Å²) in [6, 6.07) is 6.49. The van der Waals surface area contributed by atoms with E-state index in [2.05, 4.69) is 9.84 Å². The molecule has 2 rings (SSSR count). The lowest BCUT2D eigenvalue weighted by atomic mass is 10.1. The average Bonchev–Trinajstić information content (AvgIpc) is 2.71. The summed E-state index contributed by atoms with van der Waals surface area (Å²) in [7, 11) is 1.38. The minimum Gasteiger partial charge on any atom is -0.469 e. The molecule has 0 aliphatic heterocycles. The molecule has 112 valence electrons. The van der Waals surface area contributed by atoms with Gasteiger partial charge in [-0.25, -0.2) is 4.39 Å². The van der Waals surface area contributed by atoms with Crippen LogP contribution in [0, 0.1) is 19.7 Å². The molecule has 0 fully saturated rings. The Labute approximate surface area is 123 Å². The number of rotatable bonds is 5. The first-order valence-corrected chi connectivity index (χ1v) is 6.85. The molecular weight excluding hydrogens is 271 g/mol. The number of carbonyl (C=O) groups excluding carboxylic acids is 1. The summed E-state index contributed by atoms with van der Waals surface area (Å²) in [5.74, 6) is -0.480. The van der Waals surface area contributed by atoms with Gasteiger partial charge in [0.2, 0.25) is 0 Å². The van der Waals surface area contributed by atoms with E-state index in [1.54, 1.807) is 6.07 Å². The number of hydrogen-bond donors (Lipinski definition) is 0. The van der Waals surface area contributed by atoms with Crippen LogP contribution in [-0.2, 0) is 22.5 Å². The van der Waals surface area contributed by atoms with Crippen LogP contribution in [0.4, 0.5) is 4.39 Å².